The number of aromatic nitrogens is 4. The Morgan fingerprint density at radius 3 is 2.02 bits per heavy atom. The molecule has 2 amide bonds. The number of hydrogen-bond donors (Lipinski definition) is 1. The van der Waals surface area contributed by atoms with Crippen molar-refractivity contribution >= 4 is 43.5 Å². The Labute approximate surface area is 287 Å². The van der Waals surface area contributed by atoms with E-state index in [4.69, 9.17) is 19.0 Å². The number of nitrogens with zero attached hydrogens (tertiary/aromatic N) is 6. The van der Waals surface area contributed by atoms with E-state index in [9.17, 15) is 39.2 Å². The topological polar surface area (TPSA) is 197 Å². The Morgan fingerprint density at radius 1 is 0.784 bits per heavy atom. The van der Waals surface area contributed by atoms with E-state index < -0.39 is 55.2 Å². The number of halogens is 4. The van der Waals surface area contributed by atoms with Crippen LogP contribution in [0.3, 0.4) is 0 Å². The normalized spacial score (nSPS) is 12.0. The standard InChI is InChI=1S/C30H23F4N7O8S2/c1-50(43,44)48-40(22-16-38-28(39-17-22)47-23-8-5-18(6-9-23)25-13-21(31)15-37-27(25)35)29(42)41(49-51(2,45)46)26-12-20(30(32,33)34)7-10-24(26)19-4-3-11-36-14-19/h3-17H,1-2H3,(H2,35,37). The van der Waals surface area contributed by atoms with Crippen LogP contribution in [0, 0.1) is 5.82 Å². The van der Waals surface area contributed by atoms with Gasteiger partial charge in [0.25, 0.3) is 20.2 Å². The number of hydrogen-bond acceptors (Lipinski definition) is 13. The molecule has 0 aliphatic carbocycles. The van der Waals surface area contributed by atoms with Gasteiger partial charge in [0.2, 0.25) is 0 Å². The maximum absolute atomic E-state index is 14.0. The number of nitrogen functional groups attached to an aromatic ring is 1. The van der Waals surface area contributed by atoms with E-state index in [1.807, 2.05) is 0 Å². The van der Waals surface area contributed by atoms with Crippen molar-refractivity contribution in [1.29, 1.82) is 0 Å². The van der Waals surface area contributed by atoms with E-state index >= 15 is 0 Å². The van der Waals surface area contributed by atoms with E-state index in [1.54, 1.807) is 12.1 Å². The molecule has 3 heterocycles. The minimum atomic E-state index is -4.97. The van der Waals surface area contributed by atoms with Crippen LogP contribution in [0.15, 0.2) is 91.6 Å². The van der Waals surface area contributed by atoms with Gasteiger partial charge < -0.3 is 10.5 Å². The van der Waals surface area contributed by atoms with Crippen molar-refractivity contribution in [3.63, 3.8) is 0 Å². The highest BCUT2D eigenvalue weighted by Gasteiger charge is 2.37. The number of urea groups is 1. The van der Waals surface area contributed by atoms with Crippen LogP contribution in [-0.2, 0) is 35.0 Å². The summed E-state index contributed by atoms with van der Waals surface area (Å²) in [5.41, 5.74) is 3.95. The molecule has 0 radical (unpaired) electrons. The second-order valence-electron chi connectivity index (χ2n) is 10.3. The summed E-state index contributed by atoms with van der Waals surface area (Å²) in [7, 11) is -9.29. The molecule has 2 N–H and O–H groups in total. The van der Waals surface area contributed by atoms with Crippen LogP contribution in [0.5, 0.6) is 11.8 Å². The third-order valence-electron chi connectivity index (χ3n) is 6.39. The quantitative estimate of drug-likeness (QED) is 0.142. The highest BCUT2D eigenvalue weighted by Crippen LogP contribution is 2.39. The zero-order valence-corrected chi connectivity index (χ0v) is 27.6. The predicted octanol–water partition coefficient (Wildman–Crippen LogP) is 5.35. The molecule has 0 unspecified atom stereocenters. The van der Waals surface area contributed by atoms with Crippen molar-refractivity contribution in [3.05, 3.63) is 103 Å². The van der Waals surface area contributed by atoms with E-state index in [0.717, 1.165) is 24.7 Å². The Balaban J connectivity index is 1.51. The summed E-state index contributed by atoms with van der Waals surface area (Å²) in [6, 6.07) is 9.98. The average molecular weight is 750 g/mol. The number of amides is 2. The maximum atomic E-state index is 14.0. The summed E-state index contributed by atoms with van der Waals surface area (Å²) in [6.45, 7) is 0. The minimum absolute atomic E-state index is 0.0101. The molecule has 5 rings (SSSR count). The first-order chi connectivity index (χ1) is 23.9. The predicted molar refractivity (Wildman–Crippen MR) is 173 cm³/mol. The fraction of sp³-hybridized carbons (Fsp3) is 0.100. The molecule has 2 aromatic carbocycles. The molecule has 0 aliphatic heterocycles. The Morgan fingerprint density at radius 2 is 1.43 bits per heavy atom. The molecule has 21 heteroatoms. The molecular weight excluding hydrogens is 726 g/mol. The minimum Gasteiger partial charge on any atom is -0.424 e. The van der Waals surface area contributed by atoms with Crippen molar-refractivity contribution in [2.45, 2.75) is 6.18 Å². The van der Waals surface area contributed by atoms with Gasteiger partial charge in [-0.2, -0.15) is 30.0 Å². The Bertz CT molecular complexity index is 2280. The molecule has 15 nitrogen and oxygen atoms in total. The van der Waals surface area contributed by atoms with Crippen LogP contribution in [0.4, 0.5) is 39.5 Å². The van der Waals surface area contributed by atoms with Crippen LogP contribution >= 0.6 is 0 Å². The van der Waals surface area contributed by atoms with Gasteiger partial charge in [-0.05, 0) is 42.0 Å². The maximum Gasteiger partial charge on any atom is 0.416 e. The summed E-state index contributed by atoms with van der Waals surface area (Å²) in [5, 5.41) is -0.102. The summed E-state index contributed by atoms with van der Waals surface area (Å²) < 4.78 is 120. The van der Waals surface area contributed by atoms with Gasteiger partial charge in [0, 0.05) is 29.1 Å². The van der Waals surface area contributed by atoms with Crippen molar-refractivity contribution in [2.75, 3.05) is 28.4 Å². The van der Waals surface area contributed by atoms with E-state index in [0.29, 0.717) is 35.8 Å². The number of hydroxylamine groups is 2. The molecule has 0 bridgehead atoms. The zero-order valence-electron chi connectivity index (χ0n) is 26.0. The number of benzene rings is 2. The van der Waals surface area contributed by atoms with Gasteiger partial charge in [0.15, 0.2) is 0 Å². The van der Waals surface area contributed by atoms with E-state index in [-0.39, 0.29) is 38.8 Å². The first kappa shape index (κ1) is 36.5. The first-order valence-corrected chi connectivity index (χ1v) is 17.6. The molecule has 3 aromatic heterocycles. The number of rotatable bonds is 10. The molecule has 0 atom stereocenters. The smallest absolute Gasteiger partial charge is 0.416 e. The molecule has 266 valence electrons. The number of anilines is 3. The summed E-state index contributed by atoms with van der Waals surface area (Å²) >= 11 is 0. The van der Waals surface area contributed by atoms with Crippen LogP contribution < -0.4 is 20.6 Å². The van der Waals surface area contributed by atoms with Gasteiger partial charge in [0.05, 0.1) is 42.4 Å². The molecule has 0 spiro atoms. The molecular formula is C30H23F4N7O8S2. The fourth-order valence-corrected chi connectivity index (χ4v) is 5.15. The monoisotopic (exact) mass is 749 g/mol. The van der Waals surface area contributed by atoms with Gasteiger partial charge in [0.1, 0.15) is 23.1 Å². The molecule has 51 heavy (non-hydrogen) atoms. The van der Waals surface area contributed by atoms with Crippen molar-refractivity contribution in [1.82, 2.24) is 19.9 Å². The SMILES string of the molecule is CS(=O)(=O)ON(C(=O)N(OS(C)(=O)=O)c1cc(C(F)(F)F)ccc1-c1cccnc1)c1cnc(Oc2ccc(-c3cc(F)cnc3N)cc2)nc1. The van der Waals surface area contributed by atoms with E-state index in [1.165, 1.54) is 42.7 Å². The third-order valence-corrected chi connectivity index (χ3v) is 7.23. The molecule has 0 aliphatic rings. The van der Waals surface area contributed by atoms with Crippen molar-refractivity contribution < 1.29 is 52.5 Å². The van der Waals surface area contributed by atoms with Crippen LogP contribution in [0.2, 0.25) is 0 Å². The van der Waals surface area contributed by atoms with Crippen molar-refractivity contribution in [3.8, 4) is 34.0 Å². The molecule has 5 aromatic rings. The number of carbonyl (C=O) groups is 1. The summed E-state index contributed by atoms with van der Waals surface area (Å²) in [5.74, 6) is -0.341. The lowest BCUT2D eigenvalue weighted by Gasteiger charge is -2.28. The summed E-state index contributed by atoms with van der Waals surface area (Å²) in [6.07, 6.45) is 1.28. The number of pyridine rings is 2. The lowest BCUT2D eigenvalue weighted by Crippen LogP contribution is -2.45. The number of ether oxygens (including phenoxy) is 1. The van der Waals surface area contributed by atoms with Gasteiger partial charge in [-0.3, -0.25) is 4.98 Å². The number of carbonyl (C=O) groups excluding carboxylic acids is 1. The zero-order chi connectivity index (χ0) is 37.1. The van der Waals surface area contributed by atoms with E-state index in [2.05, 4.69) is 19.9 Å². The second-order valence-corrected chi connectivity index (χ2v) is 13.5. The third kappa shape index (κ3) is 9.27. The van der Waals surface area contributed by atoms with Gasteiger partial charge in [-0.1, -0.05) is 24.3 Å². The average Bonchev–Trinajstić information content (AvgIpc) is 3.07. The first-order valence-electron chi connectivity index (χ1n) is 13.9. The van der Waals surface area contributed by atoms with Crippen LogP contribution in [0.25, 0.3) is 22.3 Å². The molecule has 0 saturated heterocycles. The Hall–Kier alpha value is -5.77. The van der Waals surface area contributed by atoms with Gasteiger partial charge >= 0.3 is 18.2 Å². The largest absolute Gasteiger partial charge is 0.424 e. The summed E-state index contributed by atoms with van der Waals surface area (Å²) in [4.78, 5) is 29.5. The van der Waals surface area contributed by atoms with Crippen LogP contribution in [0.1, 0.15) is 5.56 Å². The lowest BCUT2D eigenvalue weighted by atomic mass is 10.0. The number of alkyl halides is 3. The van der Waals surface area contributed by atoms with Crippen LogP contribution in [-0.4, -0.2) is 55.3 Å². The highest BCUT2D eigenvalue weighted by atomic mass is 32.2. The Kier molecular flexibility index (Phi) is 10.2. The molecule has 0 saturated carbocycles. The van der Waals surface area contributed by atoms with Gasteiger partial charge in [-0.25, -0.2) is 24.1 Å². The number of nitrogens with two attached hydrogens (primary N) is 1. The fourth-order valence-electron chi connectivity index (χ4n) is 4.31. The van der Waals surface area contributed by atoms with Gasteiger partial charge in [-0.15, -0.1) is 18.7 Å². The molecule has 0 fully saturated rings. The second kappa shape index (κ2) is 14.2. The van der Waals surface area contributed by atoms with Crippen molar-refractivity contribution in [2.24, 2.45) is 0 Å². The lowest BCUT2D eigenvalue weighted by molar-refractivity contribution is -0.137. The highest BCUT2D eigenvalue weighted by molar-refractivity contribution is 7.86.